The zero-order valence-electron chi connectivity index (χ0n) is 8.52. The molecule has 15 heavy (non-hydrogen) atoms. The quantitative estimate of drug-likeness (QED) is 0.360. The van der Waals surface area contributed by atoms with Gasteiger partial charge in [-0.2, -0.15) is 0 Å². The highest BCUT2D eigenvalue weighted by molar-refractivity contribution is 4.93. The summed E-state index contributed by atoms with van der Waals surface area (Å²) in [6.07, 6.45) is -5.29. The highest BCUT2D eigenvalue weighted by atomic mass is 16.5. The van der Waals surface area contributed by atoms with Crippen LogP contribution in [0.1, 0.15) is 6.92 Å². The van der Waals surface area contributed by atoms with Crippen molar-refractivity contribution in [3.63, 3.8) is 0 Å². The minimum absolute atomic E-state index is 0.353. The molecular weight excluding hydrogens is 204 g/mol. The largest absolute Gasteiger partial charge is 0.396 e. The Labute approximate surface area is 87.7 Å². The third-order valence-corrected chi connectivity index (χ3v) is 2.82. The summed E-state index contributed by atoms with van der Waals surface area (Å²) in [6, 6.07) is 0. The molecule has 0 saturated carbocycles. The summed E-state index contributed by atoms with van der Waals surface area (Å²) in [7, 11) is 0. The van der Waals surface area contributed by atoms with Gasteiger partial charge in [-0.1, -0.05) is 0 Å². The smallest absolute Gasteiger partial charge is 0.111 e. The Morgan fingerprint density at radius 3 is 2.00 bits per heavy atom. The summed E-state index contributed by atoms with van der Waals surface area (Å²) in [5.41, 5.74) is 0. The van der Waals surface area contributed by atoms with Crippen molar-refractivity contribution in [1.82, 2.24) is 0 Å². The minimum atomic E-state index is -1.32. The molecule has 90 valence electrons. The van der Waals surface area contributed by atoms with Gasteiger partial charge in [0.2, 0.25) is 0 Å². The fraction of sp³-hybridized carbons (Fsp3) is 1.00. The van der Waals surface area contributed by atoms with Gasteiger partial charge in [-0.25, -0.2) is 0 Å². The maximum Gasteiger partial charge on any atom is 0.111 e. The Balaban J connectivity index is 2.73. The predicted octanol–water partition coefficient (Wildman–Crippen LogP) is -2.54. The second kappa shape index (κ2) is 5.20. The third-order valence-electron chi connectivity index (χ3n) is 2.82. The fourth-order valence-electron chi connectivity index (χ4n) is 1.74. The van der Waals surface area contributed by atoms with Crippen LogP contribution in [0.4, 0.5) is 0 Å². The van der Waals surface area contributed by atoms with E-state index < -0.39 is 36.4 Å². The van der Waals surface area contributed by atoms with Crippen molar-refractivity contribution in [3.05, 3.63) is 0 Å². The number of hydrogen-bond acceptors (Lipinski definition) is 6. The van der Waals surface area contributed by atoms with E-state index in [1.165, 1.54) is 0 Å². The monoisotopic (exact) mass is 222 g/mol. The van der Waals surface area contributed by atoms with E-state index in [4.69, 9.17) is 14.9 Å². The lowest BCUT2D eigenvalue weighted by atomic mass is 9.89. The molecule has 1 fully saturated rings. The van der Waals surface area contributed by atoms with Crippen LogP contribution in [-0.4, -0.2) is 69.3 Å². The molecule has 0 aromatic carbocycles. The molecule has 0 aromatic rings. The molecule has 6 nitrogen and oxygen atoms in total. The van der Waals surface area contributed by atoms with Gasteiger partial charge in [-0.15, -0.1) is 0 Å². The number of hydrogen-bond donors (Lipinski definition) is 5. The number of ether oxygens (including phenoxy) is 1. The molecule has 5 N–H and O–H groups in total. The van der Waals surface area contributed by atoms with Crippen molar-refractivity contribution in [2.75, 3.05) is 13.2 Å². The SMILES string of the molecule is C[C@@H]1O[C@@H](C(CO)CO)[C@@H](O)[C@H](O)[C@@H]1O. The molecule has 0 bridgehead atoms. The van der Waals surface area contributed by atoms with E-state index in [1.54, 1.807) is 6.92 Å². The zero-order valence-corrected chi connectivity index (χ0v) is 8.52. The summed E-state index contributed by atoms with van der Waals surface area (Å²) < 4.78 is 5.25. The molecule has 1 saturated heterocycles. The number of aliphatic hydroxyl groups is 5. The molecule has 0 radical (unpaired) electrons. The maximum atomic E-state index is 9.60. The summed E-state index contributed by atoms with van der Waals surface area (Å²) in [5, 5.41) is 46.4. The van der Waals surface area contributed by atoms with Crippen LogP contribution in [0.2, 0.25) is 0 Å². The van der Waals surface area contributed by atoms with Crippen molar-refractivity contribution < 1.29 is 30.3 Å². The van der Waals surface area contributed by atoms with Gasteiger partial charge >= 0.3 is 0 Å². The zero-order chi connectivity index (χ0) is 11.6. The van der Waals surface area contributed by atoms with Crippen molar-refractivity contribution in [1.29, 1.82) is 0 Å². The van der Waals surface area contributed by atoms with Crippen LogP contribution in [0.25, 0.3) is 0 Å². The first-order valence-corrected chi connectivity index (χ1v) is 4.94. The van der Waals surface area contributed by atoms with Crippen LogP contribution in [0.15, 0.2) is 0 Å². The van der Waals surface area contributed by atoms with Gasteiger partial charge in [-0.3, -0.25) is 0 Å². The summed E-state index contributed by atoms with van der Waals surface area (Å²) in [5.74, 6) is -0.662. The average molecular weight is 222 g/mol. The second-order valence-corrected chi connectivity index (χ2v) is 3.90. The Morgan fingerprint density at radius 1 is 1.00 bits per heavy atom. The molecule has 0 unspecified atom stereocenters. The first-order chi connectivity index (χ1) is 7.02. The molecule has 5 atom stereocenters. The highest BCUT2D eigenvalue weighted by Gasteiger charge is 2.44. The molecule has 1 aliphatic rings. The molecule has 0 amide bonds. The second-order valence-electron chi connectivity index (χ2n) is 3.90. The van der Waals surface area contributed by atoms with Crippen LogP contribution in [0.5, 0.6) is 0 Å². The van der Waals surface area contributed by atoms with E-state index >= 15 is 0 Å². The van der Waals surface area contributed by atoms with Gasteiger partial charge in [0.05, 0.1) is 25.4 Å². The summed E-state index contributed by atoms with van der Waals surface area (Å²) in [6.45, 7) is 0.847. The van der Waals surface area contributed by atoms with Crippen LogP contribution >= 0.6 is 0 Å². The highest BCUT2D eigenvalue weighted by Crippen LogP contribution is 2.25. The summed E-state index contributed by atoms with van der Waals surface area (Å²) >= 11 is 0. The predicted molar refractivity (Wildman–Crippen MR) is 50.0 cm³/mol. The molecule has 0 aliphatic carbocycles. The number of rotatable bonds is 3. The van der Waals surface area contributed by atoms with Crippen molar-refractivity contribution in [3.8, 4) is 0 Å². The molecule has 1 heterocycles. The first kappa shape index (κ1) is 12.8. The third kappa shape index (κ3) is 2.47. The van der Waals surface area contributed by atoms with Gasteiger partial charge < -0.3 is 30.3 Å². The molecular formula is C9H18O6. The Kier molecular flexibility index (Phi) is 4.45. The van der Waals surface area contributed by atoms with Crippen molar-refractivity contribution in [2.24, 2.45) is 5.92 Å². The lowest BCUT2D eigenvalue weighted by Crippen LogP contribution is -2.59. The molecule has 1 aliphatic heterocycles. The Bertz CT molecular complexity index is 195. The van der Waals surface area contributed by atoms with E-state index in [-0.39, 0.29) is 13.2 Å². The van der Waals surface area contributed by atoms with Gasteiger partial charge in [0.1, 0.15) is 18.3 Å². The Morgan fingerprint density at radius 2 is 1.53 bits per heavy atom. The maximum absolute atomic E-state index is 9.60. The molecule has 6 heteroatoms. The molecule has 1 rings (SSSR count). The topological polar surface area (TPSA) is 110 Å². The van der Waals surface area contributed by atoms with Gasteiger partial charge in [0.25, 0.3) is 0 Å². The Hall–Kier alpha value is -0.240. The van der Waals surface area contributed by atoms with E-state index in [0.717, 1.165) is 0 Å². The first-order valence-electron chi connectivity index (χ1n) is 4.94. The lowest BCUT2D eigenvalue weighted by molar-refractivity contribution is -0.234. The van der Waals surface area contributed by atoms with Gasteiger partial charge in [0.15, 0.2) is 0 Å². The van der Waals surface area contributed by atoms with Crippen LogP contribution in [0.3, 0.4) is 0 Å². The van der Waals surface area contributed by atoms with E-state index in [1.807, 2.05) is 0 Å². The fourth-order valence-corrected chi connectivity index (χ4v) is 1.74. The normalized spacial score (nSPS) is 42.2. The summed E-state index contributed by atoms with van der Waals surface area (Å²) in [4.78, 5) is 0. The van der Waals surface area contributed by atoms with Crippen LogP contribution < -0.4 is 0 Å². The standard InChI is InChI=1S/C9H18O6/c1-4-6(12)7(13)8(14)9(15-4)5(2-10)3-11/h4-14H,2-3H2,1H3/t4-,6+,7+,8-,9-/m0/s1. The average Bonchev–Trinajstić information content (AvgIpc) is 2.24. The van der Waals surface area contributed by atoms with E-state index in [9.17, 15) is 15.3 Å². The van der Waals surface area contributed by atoms with E-state index in [0.29, 0.717) is 0 Å². The molecule has 0 spiro atoms. The van der Waals surface area contributed by atoms with Crippen molar-refractivity contribution in [2.45, 2.75) is 37.4 Å². The minimum Gasteiger partial charge on any atom is -0.396 e. The van der Waals surface area contributed by atoms with Gasteiger partial charge in [0, 0.05) is 5.92 Å². The lowest BCUT2D eigenvalue weighted by Gasteiger charge is -2.41. The van der Waals surface area contributed by atoms with E-state index in [2.05, 4.69) is 0 Å². The molecule has 0 aromatic heterocycles. The number of aliphatic hydroxyl groups excluding tert-OH is 5. The van der Waals surface area contributed by atoms with Crippen molar-refractivity contribution >= 4 is 0 Å². The van der Waals surface area contributed by atoms with Gasteiger partial charge in [-0.05, 0) is 6.92 Å². The van der Waals surface area contributed by atoms with Crippen LogP contribution in [-0.2, 0) is 4.74 Å². The van der Waals surface area contributed by atoms with Crippen LogP contribution in [0, 0.1) is 5.92 Å².